The molecule has 0 aliphatic heterocycles. The van der Waals surface area contributed by atoms with Gasteiger partial charge in [-0.2, -0.15) is 0 Å². The van der Waals surface area contributed by atoms with E-state index in [0.717, 1.165) is 5.69 Å². The molecular formula is C16H17NO4. The lowest BCUT2D eigenvalue weighted by Gasteiger charge is -2.14. The number of anilines is 1. The van der Waals surface area contributed by atoms with E-state index in [2.05, 4.69) is 5.32 Å². The van der Waals surface area contributed by atoms with Gasteiger partial charge in [-0.1, -0.05) is 0 Å². The highest BCUT2D eigenvalue weighted by molar-refractivity contribution is 5.93. The zero-order valence-corrected chi connectivity index (χ0v) is 12.2. The van der Waals surface area contributed by atoms with Gasteiger partial charge in [0.05, 0.1) is 12.7 Å². The Balaban J connectivity index is 2.51. The summed E-state index contributed by atoms with van der Waals surface area (Å²) in [7, 11) is 1.33. The van der Waals surface area contributed by atoms with E-state index in [1.807, 2.05) is 13.8 Å². The summed E-state index contributed by atoms with van der Waals surface area (Å²) in [5.41, 5.74) is 1.95. The van der Waals surface area contributed by atoms with Gasteiger partial charge in [-0.15, -0.1) is 0 Å². The van der Waals surface area contributed by atoms with Crippen molar-refractivity contribution in [1.82, 2.24) is 0 Å². The number of furan rings is 1. The normalized spacial score (nSPS) is 10.5. The third-order valence-corrected chi connectivity index (χ3v) is 2.89. The predicted molar refractivity (Wildman–Crippen MR) is 79.6 cm³/mol. The zero-order chi connectivity index (χ0) is 15.4. The van der Waals surface area contributed by atoms with E-state index in [4.69, 9.17) is 9.15 Å². The van der Waals surface area contributed by atoms with Crippen molar-refractivity contribution in [2.24, 2.45) is 0 Å². The van der Waals surface area contributed by atoms with Crippen molar-refractivity contribution in [2.75, 3.05) is 12.4 Å². The molecule has 0 spiro atoms. The lowest BCUT2D eigenvalue weighted by Crippen LogP contribution is -2.11. The third-order valence-electron chi connectivity index (χ3n) is 2.89. The predicted octanol–water partition coefficient (Wildman–Crippen LogP) is 3.37. The number of ether oxygens (including phenoxy) is 1. The highest BCUT2D eigenvalue weighted by Gasteiger charge is 2.14. The summed E-state index contributed by atoms with van der Waals surface area (Å²) in [6.45, 7) is 4.02. The van der Waals surface area contributed by atoms with Gasteiger partial charge >= 0.3 is 5.97 Å². The maximum atomic E-state index is 11.7. The van der Waals surface area contributed by atoms with Crippen LogP contribution >= 0.6 is 0 Å². The SMILES string of the molecule is COC(=O)c1ccc(NC(C)C)c(-c2ccc(C=O)o2)c1. The van der Waals surface area contributed by atoms with E-state index < -0.39 is 5.97 Å². The van der Waals surface area contributed by atoms with E-state index in [9.17, 15) is 9.59 Å². The second kappa shape index (κ2) is 6.26. The van der Waals surface area contributed by atoms with Crippen LogP contribution in [-0.4, -0.2) is 25.4 Å². The molecule has 0 radical (unpaired) electrons. The molecule has 0 aliphatic carbocycles. The van der Waals surface area contributed by atoms with Gasteiger partial charge in [-0.25, -0.2) is 4.79 Å². The number of benzene rings is 1. The van der Waals surface area contributed by atoms with Gasteiger partial charge in [-0.3, -0.25) is 4.79 Å². The molecule has 1 aromatic heterocycles. The van der Waals surface area contributed by atoms with Crippen molar-refractivity contribution in [1.29, 1.82) is 0 Å². The molecule has 0 amide bonds. The van der Waals surface area contributed by atoms with Gasteiger partial charge < -0.3 is 14.5 Å². The second-order valence-electron chi connectivity index (χ2n) is 4.87. The Bertz CT molecular complexity index is 658. The van der Waals surface area contributed by atoms with E-state index >= 15 is 0 Å². The molecule has 5 nitrogen and oxygen atoms in total. The van der Waals surface area contributed by atoms with Gasteiger partial charge in [-0.05, 0) is 44.2 Å². The molecular weight excluding hydrogens is 270 g/mol. The Morgan fingerprint density at radius 3 is 2.62 bits per heavy atom. The lowest BCUT2D eigenvalue weighted by atomic mass is 10.1. The number of carbonyl (C=O) groups excluding carboxylic acids is 2. The Hall–Kier alpha value is -2.56. The smallest absolute Gasteiger partial charge is 0.337 e. The van der Waals surface area contributed by atoms with Crippen molar-refractivity contribution in [3.8, 4) is 11.3 Å². The summed E-state index contributed by atoms with van der Waals surface area (Å²) in [6.07, 6.45) is 0.642. The molecule has 2 rings (SSSR count). The van der Waals surface area contributed by atoms with E-state index in [1.165, 1.54) is 7.11 Å². The number of methoxy groups -OCH3 is 1. The Morgan fingerprint density at radius 1 is 1.29 bits per heavy atom. The van der Waals surface area contributed by atoms with Crippen LogP contribution in [0.15, 0.2) is 34.7 Å². The summed E-state index contributed by atoms with van der Waals surface area (Å²) in [5, 5.41) is 3.28. The van der Waals surface area contributed by atoms with Crippen LogP contribution in [0.25, 0.3) is 11.3 Å². The molecule has 1 N–H and O–H groups in total. The van der Waals surface area contributed by atoms with Crippen LogP contribution in [0.3, 0.4) is 0 Å². The summed E-state index contributed by atoms with van der Waals surface area (Å²) >= 11 is 0. The topological polar surface area (TPSA) is 68.5 Å². The number of esters is 1. The van der Waals surface area contributed by atoms with Crippen LogP contribution in [0.5, 0.6) is 0 Å². The fraction of sp³-hybridized carbons (Fsp3) is 0.250. The third kappa shape index (κ3) is 3.31. The molecule has 1 heterocycles. The molecule has 0 saturated heterocycles. The number of carbonyl (C=O) groups is 2. The van der Waals surface area contributed by atoms with Crippen LogP contribution in [0.2, 0.25) is 0 Å². The molecule has 5 heteroatoms. The zero-order valence-electron chi connectivity index (χ0n) is 12.2. The Morgan fingerprint density at radius 2 is 2.05 bits per heavy atom. The first-order valence-electron chi connectivity index (χ1n) is 6.59. The quantitative estimate of drug-likeness (QED) is 0.674. The number of hydrogen-bond acceptors (Lipinski definition) is 5. The maximum Gasteiger partial charge on any atom is 0.337 e. The minimum absolute atomic E-state index is 0.216. The number of hydrogen-bond donors (Lipinski definition) is 1. The van der Waals surface area contributed by atoms with Crippen molar-refractivity contribution in [3.63, 3.8) is 0 Å². The molecule has 0 saturated carbocycles. The van der Waals surface area contributed by atoms with Crippen molar-refractivity contribution in [3.05, 3.63) is 41.7 Å². The van der Waals surface area contributed by atoms with Crippen LogP contribution in [0, 0.1) is 0 Å². The minimum atomic E-state index is -0.422. The maximum absolute atomic E-state index is 11.7. The first-order chi connectivity index (χ1) is 10.0. The highest BCUT2D eigenvalue weighted by Crippen LogP contribution is 2.31. The summed E-state index contributed by atoms with van der Waals surface area (Å²) in [5.74, 6) is 0.337. The van der Waals surface area contributed by atoms with Gasteiger partial charge in [0.1, 0.15) is 5.76 Å². The fourth-order valence-corrected chi connectivity index (χ4v) is 1.99. The van der Waals surface area contributed by atoms with Gasteiger partial charge in [0.25, 0.3) is 0 Å². The van der Waals surface area contributed by atoms with Gasteiger partial charge in [0.2, 0.25) is 0 Å². The van der Waals surface area contributed by atoms with Crippen molar-refractivity contribution in [2.45, 2.75) is 19.9 Å². The lowest BCUT2D eigenvalue weighted by molar-refractivity contribution is 0.0600. The Labute approximate surface area is 122 Å². The second-order valence-corrected chi connectivity index (χ2v) is 4.87. The van der Waals surface area contributed by atoms with Gasteiger partial charge in [0.15, 0.2) is 12.0 Å². The average Bonchev–Trinajstić information content (AvgIpc) is 2.95. The molecule has 1 aromatic carbocycles. The molecule has 0 atom stereocenters. The molecule has 0 bridgehead atoms. The van der Waals surface area contributed by atoms with Crippen LogP contribution in [0.1, 0.15) is 34.8 Å². The molecule has 0 fully saturated rings. The van der Waals surface area contributed by atoms with Gasteiger partial charge in [0, 0.05) is 17.3 Å². The first-order valence-corrected chi connectivity index (χ1v) is 6.59. The van der Waals surface area contributed by atoms with E-state index in [-0.39, 0.29) is 11.8 Å². The van der Waals surface area contributed by atoms with Crippen molar-refractivity contribution < 1.29 is 18.7 Å². The molecule has 2 aromatic rings. The number of nitrogens with one attached hydrogen (secondary N) is 1. The summed E-state index contributed by atoms with van der Waals surface area (Å²) < 4.78 is 10.2. The Kier molecular flexibility index (Phi) is 4.42. The molecule has 0 aliphatic rings. The first kappa shape index (κ1) is 14.8. The minimum Gasteiger partial charge on any atom is -0.465 e. The van der Waals surface area contributed by atoms with E-state index in [1.54, 1.807) is 30.3 Å². The van der Waals surface area contributed by atoms with Crippen LogP contribution < -0.4 is 5.32 Å². The molecule has 0 unspecified atom stereocenters. The van der Waals surface area contributed by atoms with Crippen LogP contribution in [0.4, 0.5) is 5.69 Å². The summed E-state index contributed by atoms with van der Waals surface area (Å²) in [6, 6.07) is 8.67. The monoisotopic (exact) mass is 287 g/mol. The summed E-state index contributed by atoms with van der Waals surface area (Å²) in [4.78, 5) is 22.4. The number of rotatable bonds is 5. The van der Waals surface area contributed by atoms with E-state index in [0.29, 0.717) is 23.2 Å². The molecule has 110 valence electrons. The standard InChI is InChI=1S/C16H17NO4/c1-10(2)17-14-6-4-11(16(19)20-3)8-13(14)15-7-5-12(9-18)21-15/h4-10,17H,1-3H3. The average molecular weight is 287 g/mol. The largest absolute Gasteiger partial charge is 0.465 e. The van der Waals surface area contributed by atoms with Crippen LogP contribution in [-0.2, 0) is 4.74 Å². The fourth-order valence-electron chi connectivity index (χ4n) is 1.99. The number of aldehydes is 1. The highest BCUT2D eigenvalue weighted by atomic mass is 16.5. The molecule has 21 heavy (non-hydrogen) atoms. The van der Waals surface area contributed by atoms with Crippen molar-refractivity contribution >= 4 is 17.9 Å².